The number of aryl methyl sites for hydroxylation is 1. The van der Waals surface area contributed by atoms with E-state index in [9.17, 15) is 0 Å². The lowest BCUT2D eigenvalue weighted by Crippen LogP contribution is -2.23. The molecular weight excluding hydrogens is 246 g/mol. The van der Waals surface area contributed by atoms with Gasteiger partial charge in [0.1, 0.15) is 5.82 Å². The molecular formula is C17H25N3. The summed E-state index contributed by atoms with van der Waals surface area (Å²) in [6.45, 7) is 13.4. The lowest BCUT2D eigenvalue weighted by Gasteiger charge is -2.08. The molecule has 1 saturated carbocycles. The Balaban J connectivity index is 1.82. The number of nitrogens with zero attached hydrogens (tertiary/aromatic N) is 2. The van der Waals surface area contributed by atoms with Crippen molar-refractivity contribution in [1.29, 1.82) is 0 Å². The molecule has 1 aliphatic rings. The van der Waals surface area contributed by atoms with Gasteiger partial charge in [-0.3, -0.25) is 0 Å². The Morgan fingerprint density at radius 3 is 2.40 bits per heavy atom. The summed E-state index contributed by atoms with van der Waals surface area (Å²) < 4.78 is 2.31. The molecule has 0 atom stereocenters. The van der Waals surface area contributed by atoms with Crippen LogP contribution in [0.4, 0.5) is 0 Å². The minimum Gasteiger partial charge on any atom is -0.327 e. The highest BCUT2D eigenvalue weighted by atomic mass is 15.1. The van der Waals surface area contributed by atoms with Crippen molar-refractivity contribution in [3.05, 3.63) is 30.1 Å². The molecule has 0 amide bonds. The van der Waals surface area contributed by atoms with Gasteiger partial charge in [0.05, 0.1) is 17.6 Å². The average molecular weight is 271 g/mol. The van der Waals surface area contributed by atoms with Gasteiger partial charge < -0.3 is 9.88 Å². The topological polar surface area (TPSA) is 29.9 Å². The highest BCUT2D eigenvalue weighted by Crippen LogP contribution is 2.62. The summed E-state index contributed by atoms with van der Waals surface area (Å²) in [5, 5.41) is 3.71. The number of hydrogen-bond acceptors (Lipinski definition) is 2. The van der Waals surface area contributed by atoms with E-state index in [1.54, 1.807) is 0 Å². The molecule has 1 heterocycles. The molecule has 0 radical (unpaired) electrons. The van der Waals surface area contributed by atoms with Gasteiger partial charge in [-0.05, 0) is 29.9 Å². The molecule has 1 fully saturated rings. The van der Waals surface area contributed by atoms with E-state index in [0.717, 1.165) is 24.4 Å². The van der Waals surface area contributed by atoms with Crippen molar-refractivity contribution in [2.75, 3.05) is 0 Å². The normalized spacial score (nSPS) is 20.4. The molecule has 108 valence electrons. The van der Waals surface area contributed by atoms with Crippen molar-refractivity contribution in [3.63, 3.8) is 0 Å². The molecule has 0 aliphatic heterocycles. The molecule has 0 unspecified atom stereocenters. The number of hydrogen-bond donors (Lipinski definition) is 1. The van der Waals surface area contributed by atoms with E-state index >= 15 is 0 Å². The summed E-state index contributed by atoms with van der Waals surface area (Å²) in [5.41, 5.74) is 3.08. The van der Waals surface area contributed by atoms with Crippen LogP contribution in [0.15, 0.2) is 24.3 Å². The average Bonchev–Trinajstić information content (AvgIpc) is 2.72. The van der Waals surface area contributed by atoms with Crippen molar-refractivity contribution in [3.8, 4) is 0 Å². The molecule has 1 aromatic heterocycles. The smallest absolute Gasteiger partial charge is 0.123 e. The summed E-state index contributed by atoms with van der Waals surface area (Å²) in [7, 11) is 0. The molecule has 2 aromatic rings. The molecule has 3 heteroatoms. The second-order valence-corrected chi connectivity index (χ2v) is 7.02. The van der Waals surface area contributed by atoms with Crippen LogP contribution < -0.4 is 5.32 Å². The van der Waals surface area contributed by atoms with Gasteiger partial charge in [0, 0.05) is 12.6 Å². The van der Waals surface area contributed by atoms with E-state index in [0.29, 0.717) is 16.9 Å². The number of fused-ring (bicyclic) bond motifs is 1. The van der Waals surface area contributed by atoms with E-state index in [1.807, 2.05) is 0 Å². The van der Waals surface area contributed by atoms with Crippen molar-refractivity contribution in [2.24, 2.45) is 10.8 Å². The summed E-state index contributed by atoms with van der Waals surface area (Å²) in [4.78, 5) is 4.78. The molecule has 20 heavy (non-hydrogen) atoms. The predicted molar refractivity (Wildman–Crippen MR) is 83.6 cm³/mol. The zero-order valence-electron chi connectivity index (χ0n) is 13.2. The Morgan fingerprint density at radius 1 is 1.15 bits per heavy atom. The minimum absolute atomic E-state index is 0.371. The molecule has 1 aromatic carbocycles. The molecule has 1 N–H and O–H groups in total. The van der Waals surface area contributed by atoms with Gasteiger partial charge in [-0.1, -0.05) is 39.8 Å². The molecule has 0 bridgehead atoms. The molecule has 1 aliphatic carbocycles. The summed E-state index contributed by atoms with van der Waals surface area (Å²) in [6, 6.07) is 8.95. The standard InChI is InChI=1S/C17H25N3/c1-6-20-13-10-8-7-9-12(13)19-14(20)11-18-15-16(2,3)17(15,4)5/h7-10,15,18H,6,11H2,1-5H3. The Morgan fingerprint density at radius 2 is 1.80 bits per heavy atom. The highest BCUT2D eigenvalue weighted by Gasteiger charge is 2.64. The quantitative estimate of drug-likeness (QED) is 0.921. The summed E-state index contributed by atoms with van der Waals surface area (Å²) >= 11 is 0. The van der Waals surface area contributed by atoms with Crippen LogP contribution >= 0.6 is 0 Å². The molecule has 0 saturated heterocycles. The second-order valence-electron chi connectivity index (χ2n) is 7.02. The number of rotatable bonds is 4. The van der Waals surface area contributed by atoms with Gasteiger partial charge in [-0.25, -0.2) is 4.98 Å². The fourth-order valence-corrected chi connectivity index (χ4v) is 3.51. The van der Waals surface area contributed by atoms with Crippen LogP contribution in [-0.4, -0.2) is 15.6 Å². The zero-order chi connectivity index (χ0) is 14.5. The van der Waals surface area contributed by atoms with Gasteiger partial charge in [0.15, 0.2) is 0 Å². The number of aromatic nitrogens is 2. The first-order chi connectivity index (χ1) is 9.39. The Labute approximate surface area is 121 Å². The first-order valence-corrected chi connectivity index (χ1v) is 7.57. The minimum atomic E-state index is 0.371. The molecule has 3 nitrogen and oxygen atoms in total. The number of imidazole rings is 1. The third-order valence-corrected chi connectivity index (χ3v) is 5.53. The maximum Gasteiger partial charge on any atom is 0.123 e. The van der Waals surface area contributed by atoms with Crippen LogP contribution in [0.25, 0.3) is 11.0 Å². The second kappa shape index (κ2) is 4.32. The van der Waals surface area contributed by atoms with Crippen LogP contribution in [0.1, 0.15) is 40.4 Å². The van der Waals surface area contributed by atoms with Gasteiger partial charge in [0.25, 0.3) is 0 Å². The third kappa shape index (κ3) is 1.80. The van der Waals surface area contributed by atoms with Gasteiger partial charge in [-0.2, -0.15) is 0 Å². The van der Waals surface area contributed by atoms with Crippen LogP contribution in [0.5, 0.6) is 0 Å². The maximum absolute atomic E-state index is 4.78. The first-order valence-electron chi connectivity index (χ1n) is 7.57. The highest BCUT2D eigenvalue weighted by molar-refractivity contribution is 5.75. The third-order valence-electron chi connectivity index (χ3n) is 5.53. The first kappa shape index (κ1) is 13.6. The van der Waals surface area contributed by atoms with E-state index in [-0.39, 0.29) is 0 Å². The van der Waals surface area contributed by atoms with Crippen LogP contribution in [0.3, 0.4) is 0 Å². The predicted octanol–water partition coefficient (Wildman–Crippen LogP) is 3.58. The molecule has 3 rings (SSSR count). The number of para-hydroxylation sites is 2. The van der Waals surface area contributed by atoms with Gasteiger partial charge in [-0.15, -0.1) is 0 Å². The van der Waals surface area contributed by atoms with Crippen molar-refractivity contribution in [2.45, 2.75) is 53.8 Å². The summed E-state index contributed by atoms with van der Waals surface area (Å²) in [5.74, 6) is 1.15. The lowest BCUT2D eigenvalue weighted by molar-refractivity contribution is 0.457. The fourth-order valence-electron chi connectivity index (χ4n) is 3.51. The monoisotopic (exact) mass is 271 g/mol. The number of benzene rings is 1. The van der Waals surface area contributed by atoms with Crippen LogP contribution in [-0.2, 0) is 13.1 Å². The lowest BCUT2D eigenvalue weighted by atomic mass is 10.0. The molecule has 0 spiro atoms. The van der Waals surface area contributed by atoms with Crippen LogP contribution in [0, 0.1) is 10.8 Å². The Bertz CT molecular complexity index is 623. The summed E-state index contributed by atoms with van der Waals surface area (Å²) in [6.07, 6.45) is 0. The van der Waals surface area contributed by atoms with Crippen LogP contribution in [0.2, 0.25) is 0 Å². The Hall–Kier alpha value is -1.35. The van der Waals surface area contributed by atoms with Gasteiger partial charge in [0.2, 0.25) is 0 Å². The van der Waals surface area contributed by atoms with Crippen molar-refractivity contribution < 1.29 is 0 Å². The SMILES string of the molecule is CCn1c(CNC2C(C)(C)C2(C)C)nc2ccccc21. The van der Waals surface area contributed by atoms with E-state index in [4.69, 9.17) is 4.98 Å². The van der Waals surface area contributed by atoms with Gasteiger partial charge >= 0.3 is 0 Å². The number of nitrogens with one attached hydrogen (secondary N) is 1. The Kier molecular flexibility index (Phi) is 2.94. The van der Waals surface area contributed by atoms with E-state index in [2.05, 4.69) is 68.8 Å². The van der Waals surface area contributed by atoms with E-state index < -0.39 is 0 Å². The fraction of sp³-hybridized carbons (Fsp3) is 0.588. The van der Waals surface area contributed by atoms with Crippen molar-refractivity contribution >= 4 is 11.0 Å². The largest absolute Gasteiger partial charge is 0.327 e. The van der Waals surface area contributed by atoms with E-state index in [1.165, 1.54) is 5.52 Å². The maximum atomic E-state index is 4.78. The van der Waals surface area contributed by atoms with Crippen molar-refractivity contribution in [1.82, 2.24) is 14.9 Å². The zero-order valence-corrected chi connectivity index (χ0v) is 13.2.